The predicted molar refractivity (Wildman–Crippen MR) is 54.5 cm³/mol. The Morgan fingerprint density at radius 1 is 1.60 bits per heavy atom. The first-order valence-electron chi connectivity index (χ1n) is 4.66. The number of methoxy groups -OCH3 is 1. The van der Waals surface area contributed by atoms with Gasteiger partial charge in [0.15, 0.2) is 5.65 Å². The van der Waals surface area contributed by atoms with Crippen molar-refractivity contribution < 1.29 is 9.53 Å². The van der Waals surface area contributed by atoms with Crippen LogP contribution in [-0.4, -0.2) is 27.8 Å². The monoisotopic (exact) mass is 205 g/mol. The number of hydrogen-bond donors (Lipinski definition) is 0. The molecule has 0 spiro atoms. The van der Waals surface area contributed by atoms with Gasteiger partial charge in [0.05, 0.1) is 24.3 Å². The molecule has 2 heterocycles. The molecule has 2 rings (SSSR count). The Morgan fingerprint density at radius 2 is 2.40 bits per heavy atom. The highest BCUT2D eigenvalue weighted by molar-refractivity contribution is 6.02. The summed E-state index contributed by atoms with van der Waals surface area (Å²) in [4.78, 5) is 15.6. The minimum atomic E-state index is -0.363. The zero-order valence-electron chi connectivity index (χ0n) is 8.60. The van der Waals surface area contributed by atoms with Crippen molar-refractivity contribution in [2.45, 2.75) is 13.5 Å². The van der Waals surface area contributed by atoms with Gasteiger partial charge in [-0.2, -0.15) is 5.10 Å². The summed E-state index contributed by atoms with van der Waals surface area (Å²) in [6.07, 6.45) is 3.22. The molecule has 0 saturated carbocycles. The largest absolute Gasteiger partial charge is 0.465 e. The molecule has 5 nitrogen and oxygen atoms in total. The first-order valence-corrected chi connectivity index (χ1v) is 4.66. The van der Waals surface area contributed by atoms with E-state index in [1.807, 2.05) is 6.92 Å². The maximum absolute atomic E-state index is 11.4. The van der Waals surface area contributed by atoms with Gasteiger partial charge in [0.2, 0.25) is 0 Å². The lowest BCUT2D eigenvalue weighted by Gasteiger charge is -2.00. The minimum absolute atomic E-state index is 0.363. The first-order chi connectivity index (χ1) is 7.27. The zero-order valence-corrected chi connectivity index (χ0v) is 8.60. The third-order valence-electron chi connectivity index (χ3n) is 2.24. The van der Waals surface area contributed by atoms with Gasteiger partial charge in [-0.15, -0.1) is 0 Å². The van der Waals surface area contributed by atoms with E-state index in [0.717, 1.165) is 11.9 Å². The summed E-state index contributed by atoms with van der Waals surface area (Å²) in [5.74, 6) is -0.363. The van der Waals surface area contributed by atoms with Crippen molar-refractivity contribution in [1.29, 1.82) is 0 Å². The van der Waals surface area contributed by atoms with Crippen molar-refractivity contribution in [2.75, 3.05) is 7.11 Å². The molecule has 0 bridgehead atoms. The van der Waals surface area contributed by atoms with Crippen LogP contribution >= 0.6 is 0 Å². The summed E-state index contributed by atoms with van der Waals surface area (Å²) in [6, 6.07) is 1.63. The number of aromatic nitrogens is 3. The molecule has 5 heteroatoms. The number of pyridine rings is 1. The van der Waals surface area contributed by atoms with Gasteiger partial charge < -0.3 is 4.74 Å². The summed E-state index contributed by atoms with van der Waals surface area (Å²) in [7, 11) is 1.36. The second kappa shape index (κ2) is 3.68. The number of fused-ring (bicyclic) bond motifs is 1. The van der Waals surface area contributed by atoms with E-state index in [2.05, 4.69) is 14.8 Å². The Balaban J connectivity index is 2.67. The molecule has 0 radical (unpaired) electrons. The Labute approximate surface area is 86.7 Å². The van der Waals surface area contributed by atoms with Crippen LogP contribution in [0.5, 0.6) is 0 Å². The third-order valence-corrected chi connectivity index (χ3v) is 2.24. The molecule has 0 atom stereocenters. The number of carbonyl (C=O) groups excluding carboxylic acids is 1. The Morgan fingerprint density at radius 3 is 3.07 bits per heavy atom. The average Bonchev–Trinajstić information content (AvgIpc) is 2.70. The molecule has 15 heavy (non-hydrogen) atoms. The molecule has 2 aromatic rings. The van der Waals surface area contributed by atoms with Crippen molar-refractivity contribution in [3.8, 4) is 0 Å². The van der Waals surface area contributed by atoms with Crippen LogP contribution in [0.1, 0.15) is 17.3 Å². The van der Waals surface area contributed by atoms with Crippen LogP contribution < -0.4 is 0 Å². The fourth-order valence-electron chi connectivity index (χ4n) is 1.50. The smallest absolute Gasteiger partial charge is 0.338 e. The van der Waals surface area contributed by atoms with E-state index in [9.17, 15) is 4.79 Å². The second-order valence-electron chi connectivity index (χ2n) is 3.05. The first kappa shape index (κ1) is 9.64. The maximum Gasteiger partial charge on any atom is 0.338 e. The van der Waals surface area contributed by atoms with Crippen LogP contribution in [0.25, 0.3) is 11.0 Å². The van der Waals surface area contributed by atoms with Crippen molar-refractivity contribution in [2.24, 2.45) is 0 Å². The summed E-state index contributed by atoms with van der Waals surface area (Å²) in [5.41, 5.74) is 1.21. The van der Waals surface area contributed by atoms with Gasteiger partial charge in [0, 0.05) is 12.7 Å². The van der Waals surface area contributed by atoms with Gasteiger partial charge >= 0.3 is 5.97 Å². The lowest BCUT2D eigenvalue weighted by Crippen LogP contribution is -2.03. The van der Waals surface area contributed by atoms with Crippen LogP contribution in [0.15, 0.2) is 18.5 Å². The van der Waals surface area contributed by atoms with Gasteiger partial charge in [0.1, 0.15) is 0 Å². The molecule has 0 N–H and O–H groups in total. The topological polar surface area (TPSA) is 57.0 Å². The molecule has 2 aromatic heterocycles. The lowest BCUT2D eigenvalue weighted by molar-refractivity contribution is 0.0603. The quantitative estimate of drug-likeness (QED) is 0.692. The molecule has 0 unspecified atom stereocenters. The average molecular weight is 205 g/mol. The van der Waals surface area contributed by atoms with Gasteiger partial charge in [-0.25, -0.2) is 14.5 Å². The van der Waals surface area contributed by atoms with Gasteiger partial charge in [-0.05, 0) is 13.0 Å². The number of esters is 1. The number of aryl methyl sites for hydroxylation is 1. The molecule has 0 saturated heterocycles. The standard InChI is InChI=1S/C10H11N3O2/c1-3-13-9-8(6-12-13)7(4-5-11-9)10(14)15-2/h4-6H,3H2,1-2H3. The zero-order chi connectivity index (χ0) is 10.8. The van der Waals surface area contributed by atoms with Crippen LogP contribution in [-0.2, 0) is 11.3 Å². The van der Waals surface area contributed by atoms with E-state index in [-0.39, 0.29) is 5.97 Å². The minimum Gasteiger partial charge on any atom is -0.465 e. The highest BCUT2D eigenvalue weighted by atomic mass is 16.5. The van der Waals surface area contributed by atoms with Crippen molar-refractivity contribution in [3.05, 3.63) is 24.0 Å². The normalized spacial score (nSPS) is 10.5. The molecule has 0 fully saturated rings. The maximum atomic E-state index is 11.4. The van der Waals surface area contributed by atoms with Gasteiger partial charge in [0.25, 0.3) is 0 Å². The SMILES string of the molecule is CCn1ncc2c(C(=O)OC)ccnc21. The number of nitrogens with zero attached hydrogens (tertiary/aromatic N) is 3. The van der Waals surface area contributed by atoms with Crippen molar-refractivity contribution >= 4 is 17.0 Å². The number of rotatable bonds is 2. The van der Waals surface area contributed by atoms with E-state index in [1.54, 1.807) is 23.1 Å². The fourth-order valence-corrected chi connectivity index (χ4v) is 1.50. The van der Waals surface area contributed by atoms with Gasteiger partial charge in [-0.1, -0.05) is 0 Å². The predicted octanol–water partition coefficient (Wildman–Crippen LogP) is 1.24. The summed E-state index contributed by atoms with van der Waals surface area (Å²) >= 11 is 0. The fraction of sp³-hybridized carbons (Fsp3) is 0.300. The van der Waals surface area contributed by atoms with E-state index in [0.29, 0.717) is 11.2 Å². The Bertz CT molecular complexity index is 504. The lowest BCUT2D eigenvalue weighted by atomic mass is 10.2. The highest BCUT2D eigenvalue weighted by Gasteiger charge is 2.13. The van der Waals surface area contributed by atoms with Crippen molar-refractivity contribution in [3.63, 3.8) is 0 Å². The van der Waals surface area contributed by atoms with Crippen LogP contribution in [0.4, 0.5) is 0 Å². The number of ether oxygens (including phenoxy) is 1. The molecule has 78 valence electrons. The Hall–Kier alpha value is -1.91. The second-order valence-corrected chi connectivity index (χ2v) is 3.05. The number of carbonyl (C=O) groups is 1. The molecule has 0 aliphatic carbocycles. The molecule has 0 aromatic carbocycles. The van der Waals surface area contributed by atoms with Crippen LogP contribution in [0.3, 0.4) is 0 Å². The summed E-state index contributed by atoms with van der Waals surface area (Å²) in [6.45, 7) is 2.69. The van der Waals surface area contributed by atoms with Crippen LogP contribution in [0.2, 0.25) is 0 Å². The van der Waals surface area contributed by atoms with E-state index in [4.69, 9.17) is 0 Å². The molecule has 0 amide bonds. The van der Waals surface area contributed by atoms with Gasteiger partial charge in [-0.3, -0.25) is 0 Å². The Kier molecular flexibility index (Phi) is 2.37. The van der Waals surface area contributed by atoms with E-state index < -0.39 is 0 Å². The molecule has 0 aliphatic heterocycles. The van der Waals surface area contributed by atoms with Crippen molar-refractivity contribution in [1.82, 2.24) is 14.8 Å². The highest BCUT2D eigenvalue weighted by Crippen LogP contribution is 2.16. The molecular formula is C10H11N3O2. The van der Waals surface area contributed by atoms with E-state index >= 15 is 0 Å². The third kappa shape index (κ3) is 1.45. The molecule has 0 aliphatic rings. The van der Waals surface area contributed by atoms with E-state index in [1.165, 1.54) is 7.11 Å². The molecular weight excluding hydrogens is 194 g/mol. The summed E-state index contributed by atoms with van der Waals surface area (Å²) in [5, 5.41) is 4.87. The van der Waals surface area contributed by atoms with Crippen LogP contribution in [0, 0.1) is 0 Å². The summed E-state index contributed by atoms with van der Waals surface area (Å²) < 4.78 is 6.42. The number of hydrogen-bond acceptors (Lipinski definition) is 4.